The van der Waals surface area contributed by atoms with Gasteiger partial charge in [-0.25, -0.2) is 4.98 Å². The van der Waals surface area contributed by atoms with Gasteiger partial charge in [-0.15, -0.1) is 0 Å². The number of rotatable bonds is 1. The summed E-state index contributed by atoms with van der Waals surface area (Å²) in [5.41, 5.74) is 1.86. The van der Waals surface area contributed by atoms with Crippen molar-refractivity contribution in [3.63, 3.8) is 0 Å². The second-order valence-electron chi connectivity index (χ2n) is 2.28. The highest BCUT2D eigenvalue weighted by Crippen LogP contribution is 2.18. The van der Waals surface area contributed by atoms with Crippen LogP contribution in [0.3, 0.4) is 0 Å². The van der Waals surface area contributed by atoms with E-state index < -0.39 is 0 Å². The van der Waals surface area contributed by atoms with Gasteiger partial charge in [0.25, 0.3) is 3.90 Å². The number of carbonyl (C=O) groups is 1. The number of benzene rings is 1. The van der Waals surface area contributed by atoms with Crippen LogP contribution in [0.1, 0.15) is 10.4 Å². The number of nitrogens with zero attached hydrogens (tertiary/aromatic N) is 1. The van der Waals surface area contributed by atoms with Gasteiger partial charge in [-0.1, -0.05) is 6.07 Å². The van der Waals surface area contributed by atoms with E-state index >= 15 is 0 Å². The first kappa shape index (κ1) is 7.72. The maximum atomic E-state index is 10.5. The normalized spacial score (nSPS) is 10.4. The molecule has 0 spiro atoms. The summed E-state index contributed by atoms with van der Waals surface area (Å²) in [6, 6.07) is 5.28. The Balaban J connectivity index is 2.86. The summed E-state index contributed by atoms with van der Waals surface area (Å²) in [4.78, 5) is 14.6. The van der Waals surface area contributed by atoms with Crippen LogP contribution in [-0.2, 0) is 0 Å². The number of halogens is 1. The molecule has 3 nitrogen and oxygen atoms in total. The summed E-state index contributed by atoms with van der Waals surface area (Å²) in [5.74, 6) is 0. The van der Waals surface area contributed by atoms with Gasteiger partial charge in [0, 0.05) is 28.2 Å². The van der Waals surface area contributed by atoms with E-state index in [0.717, 1.165) is 6.29 Å². The highest BCUT2D eigenvalue weighted by atomic mass is 127. The summed E-state index contributed by atoms with van der Waals surface area (Å²) in [7, 11) is 0. The molecule has 4 heteroatoms. The van der Waals surface area contributed by atoms with Crippen LogP contribution >= 0.6 is 22.6 Å². The van der Waals surface area contributed by atoms with Gasteiger partial charge in [-0.2, -0.15) is 0 Å². The van der Waals surface area contributed by atoms with E-state index in [2.05, 4.69) is 4.98 Å². The summed E-state index contributed by atoms with van der Waals surface area (Å²) in [6.07, 6.45) is 0.779. The maximum absolute atomic E-state index is 10.5. The van der Waals surface area contributed by atoms with Gasteiger partial charge in [0.1, 0.15) is 5.52 Å². The molecule has 0 amide bonds. The molecule has 2 aromatic rings. The highest BCUT2D eigenvalue weighted by Gasteiger charge is 2.05. The lowest BCUT2D eigenvalue weighted by molar-refractivity contribution is 0.112. The zero-order valence-corrected chi connectivity index (χ0v) is 8.11. The molecule has 1 heterocycles. The third-order valence-electron chi connectivity index (χ3n) is 1.55. The van der Waals surface area contributed by atoms with E-state index in [9.17, 15) is 4.79 Å². The van der Waals surface area contributed by atoms with Crippen molar-refractivity contribution >= 4 is 40.0 Å². The van der Waals surface area contributed by atoms with Crippen molar-refractivity contribution in [2.45, 2.75) is 0 Å². The molecule has 0 radical (unpaired) electrons. The van der Waals surface area contributed by atoms with Crippen LogP contribution in [0.4, 0.5) is 0 Å². The van der Waals surface area contributed by atoms with Gasteiger partial charge >= 0.3 is 0 Å². The van der Waals surface area contributed by atoms with Crippen LogP contribution in [-0.4, -0.2) is 11.3 Å². The van der Waals surface area contributed by atoms with Crippen LogP contribution in [0.25, 0.3) is 11.1 Å². The standard InChI is InChI=1S/C8H4INO2/c9-8-10-7-5(4-11)2-1-3-6(7)12-8/h1-4H. The van der Waals surface area contributed by atoms with Crippen molar-refractivity contribution in [3.05, 3.63) is 27.7 Å². The predicted molar refractivity (Wildman–Crippen MR) is 52.1 cm³/mol. The average Bonchev–Trinajstić information content (AvgIpc) is 2.44. The molecule has 2 rings (SSSR count). The average molecular weight is 273 g/mol. The molecule has 1 aromatic heterocycles. The lowest BCUT2D eigenvalue weighted by Gasteiger charge is -1.87. The van der Waals surface area contributed by atoms with E-state index in [1.807, 2.05) is 22.6 Å². The zero-order valence-electron chi connectivity index (χ0n) is 5.95. The molecule has 0 bridgehead atoms. The molecule has 0 atom stereocenters. The van der Waals surface area contributed by atoms with E-state index in [1.165, 1.54) is 0 Å². The zero-order chi connectivity index (χ0) is 8.55. The first-order valence-electron chi connectivity index (χ1n) is 3.31. The topological polar surface area (TPSA) is 43.1 Å². The molecule has 0 saturated carbocycles. The van der Waals surface area contributed by atoms with Crippen molar-refractivity contribution in [2.75, 3.05) is 0 Å². The van der Waals surface area contributed by atoms with Crippen molar-refractivity contribution in [3.8, 4) is 0 Å². The number of aldehydes is 1. The molecule has 0 aliphatic heterocycles. The highest BCUT2D eigenvalue weighted by molar-refractivity contribution is 14.1. The molecule has 0 aliphatic rings. The number of hydrogen-bond acceptors (Lipinski definition) is 3. The first-order chi connectivity index (χ1) is 5.81. The Bertz CT molecular complexity index is 436. The third kappa shape index (κ3) is 1.12. The minimum Gasteiger partial charge on any atom is -0.432 e. The van der Waals surface area contributed by atoms with Gasteiger partial charge in [0.05, 0.1) is 0 Å². The Hall–Kier alpha value is -0.910. The molecule has 0 saturated heterocycles. The number of carbonyl (C=O) groups excluding carboxylic acids is 1. The van der Waals surface area contributed by atoms with Gasteiger partial charge in [0.2, 0.25) is 0 Å². The molecular weight excluding hydrogens is 269 g/mol. The summed E-state index contributed by atoms with van der Waals surface area (Å²) in [6.45, 7) is 0. The first-order valence-corrected chi connectivity index (χ1v) is 4.39. The monoisotopic (exact) mass is 273 g/mol. The molecule has 0 aliphatic carbocycles. The fraction of sp³-hybridized carbons (Fsp3) is 0. The maximum Gasteiger partial charge on any atom is 0.258 e. The second-order valence-corrected chi connectivity index (χ2v) is 3.20. The predicted octanol–water partition coefficient (Wildman–Crippen LogP) is 2.24. The molecule has 12 heavy (non-hydrogen) atoms. The summed E-state index contributed by atoms with van der Waals surface area (Å²) >= 11 is 1.97. The number of oxazole rings is 1. The number of hydrogen-bond donors (Lipinski definition) is 0. The third-order valence-corrected chi connectivity index (χ3v) is 2.01. The summed E-state index contributed by atoms with van der Waals surface area (Å²) < 4.78 is 5.78. The van der Waals surface area contributed by atoms with Gasteiger partial charge in [0.15, 0.2) is 11.9 Å². The Labute approximate surface area is 81.9 Å². The second kappa shape index (κ2) is 2.85. The Morgan fingerprint density at radius 2 is 2.33 bits per heavy atom. The van der Waals surface area contributed by atoms with Crippen LogP contribution in [0.5, 0.6) is 0 Å². The molecular formula is C8H4INO2. The molecule has 1 aromatic carbocycles. The Morgan fingerprint density at radius 3 is 3.08 bits per heavy atom. The number of fused-ring (bicyclic) bond motifs is 1. The van der Waals surface area contributed by atoms with E-state index in [0.29, 0.717) is 20.6 Å². The quantitative estimate of drug-likeness (QED) is 0.591. The smallest absolute Gasteiger partial charge is 0.258 e. The SMILES string of the molecule is O=Cc1cccc2oc(I)nc12. The largest absolute Gasteiger partial charge is 0.432 e. The van der Waals surface area contributed by atoms with Gasteiger partial charge in [-0.3, -0.25) is 4.79 Å². The van der Waals surface area contributed by atoms with Crippen molar-refractivity contribution in [1.29, 1.82) is 0 Å². The van der Waals surface area contributed by atoms with Crippen LogP contribution in [0.15, 0.2) is 22.6 Å². The minimum atomic E-state index is 0.553. The van der Waals surface area contributed by atoms with Gasteiger partial charge in [-0.05, 0) is 12.1 Å². The summed E-state index contributed by atoms with van der Waals surface area (Å²) in [5, 5.41) is 0. The lowest BCUT2D eigenvalue weighted by Crippen LogP contribution is -1.80. The van der Waals surface area contributed by atoms with Crippen LogP contribution < -0.4 is 0 Å². The van der Waals surface area contributed by atoms with Crippen molar-refractivity contribution < 1.29 is 9.21 Å². The molecule has 0 unspecified atom stereocenters. The molecule has 0 N–H and O–H groups in total. The van der Waals surface area contributed by atoms with E-state index in [4.69, 9.17) is 4.42 Å². The Morgan fingerprint density at radius 1 is 1.50 bits per heavy atom. The fourth-order valence-electron chi connectivity index (χ4n) is 1.04. The van der Waals surface area contributed by atoms with E-state index in [1.54, 1.807) is 18.2 Å². The molecule has 0 fully saturated rings. The van der Waals surface area contributed by atoms with E-state index in [-0.39, 0.29) is 0 Å². The van der Waals surface area contributed by atoms with Gasteiger partial charge < -0.3 is 4.42 Å². The van der Waals surface area contributed by atoms with Crippen LogP contribution in [0.2, 0.25) is 0 Å². The number of aromatic nitrogens is 1. The fourth-order valence-corrected chi connectivity index (χ4v) is 1.52. The van der Waals surface area contributed by atoms with Crippen molar-refractivity contribution in [1.82, 2.24) is 4.98 Å². The minimum absolute atomic E-state index is 0.553. The Kier molecular flexibility index (Phi) is 1.84. The lowest BCUT2D eigenvalue weighted by atomic mass is 10.2. The van der Waals surface area contributed by atoms with Crippen molar-refractivity contribution in [2.24, 2.45) is 0 Å². The number of para-hydroxylation sites is 1. The van der Waals surface area contributed by atoms with Crippen LogP contribution in [0, 0.1) is 3.90 Å². The molecule has 60 valence electrons.